The zero-order valence-corrected chi connectivity index (χ0v) is 10.3. The van der Waals surface area contributed by atoms with E-state index in [1.54, 1.807) is 12.1 Å². The zero-order chi connectivity index (χ0) is 13.7. The number of aromatic amines is 1. The molecule has 1 aromatic carbocycles. The Kier molecular flexibility index (Phi) is 2.19. The molecule has 0 radical (unpaired) electrons. The Hall–Kier alpha value is -2.70. The molecule has 0 unspecified atom stereocenters. The molecule has 3 rings (SSSR count). The summed E-state index contributed by atoms with van der Waals surface area (Å²) in [5.41, 5.74) is 1.64. The van der Waals surface area contributed by atoms with Crippen molar-refractivity contribution in [3.05, 3.63) is 44.1 Å². The summed E-state index contributed by atoms with van der Waals surface area (Å²) in [6.07, 6.45) is 0. The summed E-state index contributed by atoms with van der Waals surface area (Å²) in [6, 6.07) is 5.33. The van der Waals surface area contributed by atoms with Crippen molar-refractivity contribution in [1.29, 1.82) is 0 Å². The minimum atomic E-state index is -0.599. The van der Waals surface area contributed by atoms with Crippen LogP contribution in [0.2, 0.25) is 0 Å². The maximum atomic E-state index is 12.4. The number of nitrogens with one attached hydrogen (secondary N) is 1. The monoisotopic (exact) mass is 258 g/mol. The van der Waals surface area contributed by atoms with Crippen molar-refractivity contribution in [2.75, 3.05) is 0 Å². The Bertz CT molecular complexity index is 891. The van der Waals surface area contributed by atoms with Crippen molar-refractivity contribution < 1.29 is 4.92 Å². The number of nitro groups is 1. The molecule has 2 aromatic heterocycles. The van der Waals surface area contributed by atoms with Crippen LogP contribution in [-0.2, 0) is 7.05 Å². The number of aromatic nitrogens is 3. The molecule has 19 heavy (non-hydrogen) atoms. The SMILES string of the molecule is Cc1ccc2[nH]c3c([N+](=O)[O-])nn(C)c3c(=O)c2c1. The normalized spacial score (nSPS) is 11.3. The molecule has 1 N–H and O–H groups in total. The fourth-order valence-corrected chi connectivity index (χ4v) is 2.23. The maximum absolute atomic E-state index is 12.4. The molecule has 0 bridgehead atoms. The summed E-state index contributed by atoms with van der Waals surface area (Å²) >= 11 is 0. The van der Waals surface area contributed by atoms with Crippen molar-refractivity contribution >= 4 is 27.8 Å². The van der Waals surface area contributed by atoms with Crippen molar-refractivity contribution in [2.45, 2.75) is 6.92 Å². The first kappa shape index (κ1) is 11.4. The molecule has 3 aromatic rings. The molecule has 96 valence electrons. The highest BCUT2D eigenvalue weighted by atomic mass is 16.6. The van der Waals surface area contributed by atoms with Gasteiger partial charge in [-0.2, -0.15) is 4.68 Å². The van der Waals surface area contributed by atoms with Gasteiger partial charge in [-0.15, -0.1) is 0 Å². The molecule has 0 aliphatic rings. The van der Waals surface area contributed by atoms with Gasteiger partial charge in [0.15, 0.2) is 11.0 Å². The van der Waals surface area contributed by atoms with E-state index in [-0.39, 0.29) is 22.3 Å². The largest absolute Gasteiger partial charge is 0.414 e. The summed E-state index contributed by atoms with van der Waals surface area (Å²) in [7, 11) is 1.52. The lowest BCUT2D eigenvalue weighted by Crippen LogP contribution is -2.08. The molecule has 0 fully saturated rings. The van der Waals surface area contributed by atoms with Gasteiger partial charge in [-0.1, -0.05) is 11.6 Å². The van der Waals surface area contributed by atoms with Crippen molar-refractivity contribution in [3.63, 3.8) is 0 Å². The number of pyridine rings is 1. The summed E-state index contributed by atoms with van der Waals surface area (Å²) in [6.45, 7) is 1.88. The Morgan fingerprint density at radius 2 is 2.16 bits per heavy atom. The van der Waals surface area contributed by atoms with E-state index in [0.29, 0.717) is 10.9 Å². The van der Waals surface area contributed by atoms with Gasteiger partial charge in [-0.3, -0.25) is 4.79 Å². The number of hydrogen-bond donors (Lipinski definition) is 1. The summed E-state index contributed by atoms with van der Waals surface area (Å²) < 4.78 is 1.24. The van der Waals surface area contributed by atoms with Gasteiger partial charge in [0.05, 0.1) is 17.7 Å². The topological polar surface area (TPSA) is 93.8 Å². The average Bonchev–Trinajstić information content (AvgIpc) is 2.68. The summed E-state index contributed by atoms with van der Waals surface area (Å²) in [5.74, 6) is -0.336. The quantitative estimate of drug-likeness (QED) is 0.530. The molecule has 2 heterocycles. The van der Waals surface area contributed by atoms with Crippen LogP contribution >= 0.6 is 0 Å². The molecule has 0 atom stereocenters. The minimum Gasteiger partial charge on any atom is -0.358 e. The number of benzene rings is 1. The first-order valence-corrected chi connectivity index (χ1v) is 5.63. The Morgan fingerprint density at radius 3 is 2.84 bits per heavy atom. The minimum absolute atomic E-state index is 0.161. The summed E-state index contributed by atoms with van der Waals surface area (Å²) in [5, 5.41) is 15.2. The molecule has 7 heteroatoms. The predicted molar refractivity (Wildman–Crippen MR) is 70.2 cm³/mol. The van der Waals surface area contributed by atoms with E-state index in [4.69, 9.17) is 0 Å². The van der Waals surface area contributed by atoms with Gasteiger partial charge >= 0.3 is 5.82 Å². The predicted octanol–water partition coefficient (Wildman–Crippen LogP) is 1.63. The number of H-pyrrole nitrogens is 1. The van der Waals surface area contributed by atoms with E-state index in [0.717, 1.165) is 5.56 Å². The molecule has 7 nitrogen and oxygen atoms in total. The highest BCUT2D eigenvalue weighted by Crippen LogP contribution is 2.22. The lowest BCUT2D eigenvalue weighted by Gasteiger charge is -2.00. The molecule has 0 saturated heterocycles. The molecule has 0 spiro atoms. The third-order valence-electron chi connectivity index (χ3n) is 3.10. The Labute approximate surface area is 106 Å². The van der Waals surface area contributed by atoms with Crippen LogP contribution in [0.5, 0.6) is 0 Å². The van der Waals surface area contributed by atoms with E-state index >= 15 is 0 Å². The fourth-order valence-electron chi connectivity index (χ4n) is 2.23. The first-order valence-electron chi connectivity index (χ1n) is 5.63. The Morgan fingerprint density at radius 1 is 1.42 bits per heavy atom. The van der Waals surface area contributed by atoms with Crippen LogP contribution in [-0.4, -0.2) is 19.7 Å². The lowest BCUT2D eigenvalue weighted by molar-refractivity contribution is -0.388. The molecule has 0 amide bonds. The smallest absolute Gasteiger partial charge is 0.358 e. The van der Waals surface area contributed by atoms with Gasteiger partial charge in [0, 0.05) is 5.39 Å². The van der Waals surface area contributed by atoms with Crippen LogP contribution in [0, 0.1) is 17.0 Å². The van der Waals surface area contributed by atoms with Gasteiger partial charge in [-0.25, -0.2) is 0 Å². The second kappa shape index (κ2) is 3.64. The zero-order valence-electron chi connectivity index (χ0n) is 10.3. The number of hydrogen-bond acceptors (Lipinski definition) is 4. The number of rotatable bonds is 1. The number of nitrogens with zero attached hydrogens (tertiary/aromatic N) is 3. The van der Waals surface area contributed by atoms with Crippen LogP contribution in [0.1, 0.15) is 5.56 Å². The summed E-state index contributed by atoms with van der Waals surface area (Å²) in [4.78, 5) is 25.7. The van der Waals surface area contributed by atoms with Crippen LogP contribution in [0.15, 0.2) is 23.0 Å². The van der Waals surface area contributed by atoms with Gasteiger partial charge in [-0.05, 0) is 24.0 Å². The van der Waals surface area contributed by atoms with Crippen LogP contribution in [0.3, 0.4) is 0 Å². The highest BCUT2D eigenvalue weighted by molar-refractivity contribution is 5.94. The van der Waals surface area contributed by atoms with Crippen LogP contribution < -0.4 is 5.43 Å². The second-order valence-electron chi connectivity index (χ2n) is 4.43. The van der Waals surface area contributed by atoms with Crippen molar-refractivity contribution in [1.82, 2.24) is 14.8 Å². The van der Waals surface area contributed by atoms with E-state index in [1.165, 1.54) is 11.7 Å². The highest BCUT2D eigenvalue weighted by Gasteiger charge is 2.23. The van der Waals surface area contributed by atoms with Crippen LogP contribution in [0.25, 0.3) is 21.9 Å². The number of aryl methyl sites for hydroxylation is 2. The molecule has 0 aliphatic heterocycles. The van der Waals surface area contributed by atoms with Gasteiger partial charge in [0.1, 0.15) is 0 Å². The average molecular weight is 258 g/mol. The third-order valence-corrected chi connectivity index (χ3v) is 3.10. The molecular formula is C12H10N4O3. The fraction of sp³-hybridized carbons (Fsp3) is 0.167. The van der Waals surface area contributed by atoms with E-state index in [9.17, 15) is 14.9 Å². The van der Waals surface area contributed by atoms with Gasteiger partial charge in [0.25, 0.3) is 0 Å². The van der Waals surface area contributed by atoms with Crippen LogP contribution in [0.4, 0.5) is 5.82 Å². The molecular weight excluding hydrogens is 248 g/mol. The van der Waals surface area contributed by atoms with E-state index in [1.807, 2.05) is 13.0 Å². The Balaban J connectivity index is 2.59. The van der Waals surface area contributed by atoms with E-state index in [2.05, 4.69) is 10.1 Å². The van der Waals surface area contributed by atoms with Gasteiger partial charge < -0.3 is 15.1 Å². The maximum Gasteiger partial charge on any atom is 0.414 e. The standard InChI is InChI=1S/C12H10N4O3/c1-6-3-4-8-7(5-6)11(17)10-9(13-8)12(16(18)19)14-15(10)2/h3-5H,1-2H3,(H,13,17). The molecule has 0 saturated carbocycles. The van der Waals surface area contributed by atoms with Gasteiger partial charge in [0.2, 0.25) is 5.43 Å². The van der Waals surface area contributed by atoms with Crippen molar-refractivity contribution in [3.8, 4) is 0 Å². The number of fused-ring (bicyclic) bond motifs is 2. The third kappa shape index (κ3) is 1.51. The van der Waals surface area contributed by atoms with Crippen molar-refractivity contribution in [2.24, 2.45) is 7.05 Å². The second-order valence-corrected chi connectivity index (χ2v) is 4.43. The first-order chi connectivity index (χ1) is 8.99. The lowest BCUT2D eigenvalue weighted by atomic mass is 10.1. The molecule has 0 aliphatic carbocycles. The van der Waals surface area contributed by atoms with E-state index < -0.39 is 4.92 Å².